The van der Waals surface area contributed by atoms with Crippen molar-refractivity contribution in [2.45, 2.75) is 167 Å². The van der Waals surface area contributed by atoms with E-state index in [1.807, 2.05) is 0 Å². The van der Waals surface area contributed by atoms with Crippen molar-refractivity contribution in [2.24, 2.45) is 10.2 Å². The van der Waals surface area contributed by atoms with Gasteiger partial charge in [0.2, 0.25) is 18.9 Å². The molecule has 7 aliphatic rings. The van der Waals surface area contributed by atoms with Gasteiger partial charge in [-0.05, 0) is 17.5 Å². The Hall–Kier alpha value is -4.82. The highest BCUT2D eigenvalue weighted by atomic mass is 16.8. The lowest BCUT2D eigenvalue weighted by molar-refractivity contribution is -0.389. The minimum absolute atomic E-state index is 0.474. The van der Waals surface area contributed by atoms with Crippen LogP contribution in [0.1, 0.15) is 32.1 Å². The lowest BCUT2D eigenvalue weighted by Crippen LogP contribution is -2.66. The van der Waals surface area contributed by atoms with Crippen molar-refractivity contribution >= 4 is 0 Å². The highest BCUT2D eigenvalue weighted by Gasteiger charge is 2.55. The lowest BCUT2D eigenvalue weighted by Gasteiger charge is -2.50. The molecule has 7 aliphatic heterocycles. The Labute approximate surface area is 456 Å². The van der Waals surface area contributed by atoms with Gasteiger partial charge in [0.05, 0.1) is 38.6 Å². The first-order valence-electron chi connectivity index (χ1n) is 24.6. The molecule has 0 spiro atoms. The van der Waals surface area contributed by atoms with Crippen molar-refractivity contribution in [3.8, 4) is 0 Å². The molecule has 38 heteroatoms. The van der Waals surface area contributed by atoms with Crippen LogP contribution in [0.4, 0.5) is 0 Å². The van der Waals surface area contributed by atoms with Gasteiger partial charge in [0.25, 0.3) is 0 Å². The van der Waals surface area contributed by atoms with Crippen LogP contribution in [0.5, 0.6) is 0 Å². The van der Waals surface area contributed by atoms with Gasteiger partial charge in [0.15, 0.2) is 59.2 Å². The standard InChI is InChI=1S/C43H70N6O32/c44-48-46-5-1-18-25(59)30(64)38(69)72-17(2-6-50)15(56)9-24(58)78-35-16(57)10-43(14-55,80-23(35)13-54)81-37-21(11-47-49-45)76-41(34(68)29(37)63)75-20(4-8-52)27(61)31(65)39(70)73-19(3-7-51)26(60)32(66)40(71)79-36-22(12-53)77-42(74-18)33(67)28(36)62/h9,16-24,28-29,33-42,50-71H,1-8,10-14H2/b15-9-,30-25+,31-27+,32-26+. The molecular weight excluding hydrogens is 1110 g/mol. The molecule has 3 fully saturated rings. The molecule has 22 atom stereocenters. The molecular formula is C43H70N6O32. The van der Waals surface area contributed by atoms with E-state index in [0.717, 1.165) is 0 Å². The summed E-state index contributed by atoms with van der Waals surface area (Å²) < 4.78 is 55.1. The van der Waals surface area contributed by atoms with Crippen molar-refractivity contribution in [3.05, 3.63) is 67.3 Å². The summed E-state index contributed by atoms with van der Waals surface area (Å²) in [6.07, 6.45) is -48.9. The van der Waals surface area contributed by atoms with Gasteiger partial charge in [0, 0.05) is 67.9 Å². The van der Waals surface area contributed by atoms with Gasteiger partial charge in [-0.3, -0.25) is 0 Å². The van der Waals surface area contributed by atoms with E-state index in [2.05, 4.69) is 20.1 Å². The molecule has 3 saturated heterocycles. The van der Waals surface area contributed by atoms with Crippen molar-refractivity contribution in [2.75, 3.05) is 52.7 Å². The number of nitrogens with zero attached hydrogens (tertiary/aromatic N) is 6. The number of aliphatic hydroxyl groups is 22. The van der Waals surface area contributed by atoms with E-state index in [9.17, 15) is 118 Å². The van der Waals surface area contributed by atoms with Crippen molar-refractivity contribution in [3.63, 3.8) is 0 Å². The van der Waals surface area contributed by atoms with E-state index >= 15 is 0 Å². The Kier molecular flexibility index (Phi) is 27.4. The Morgan fingerprint density at radius 2 is 0.926 bits per heavy atom. The molecule has 81 heavy (non-hydrogen) atoms. The monoisotopic (exact) mass is 1180 g/mol. The van der Waals surface area contributed by atoms with Gasteiger partial charge in [0.1, 0.15) is 85.1 Å². The highest BCUT2D eigenvalue weighted by Crippen LogP contribution is 2.38. The summed E-state index contributed by atoms with van der Waals surface area (Å²) >= 11 is 0. The third-order valence-corrected chi connectivity index (χ3v) is 12.7. The highest BCUT2D eigenvalue weighted by molar-refractivity contribution is 5.12. The zero-order valence-electron chi connectivity index (χ0n) is 42.5. The summed E-state index contributed by atoms with van der Waals surface area (Å²) in [6, 6.07) is 0. The number of ether oxygens (including phenoxy) is 10. The van der Waals surface area contributed by atoms with Crippen LogP contribution in [0.15, 0.2) is 56.6 Å². The van der Waals surface area contributed by atoms with Gasteiger partial charge in [-0.1, -0.05) is 10.2 Å². The second-order valence-corrected chi connectivity index (χ2v) is 18.2. The van der Waals surface area contributed by atoms with E-state index in [4.69, 9.17) is 52.9 Å². The second-order valence-electron chi connectivity index (χ2n) is 18.2. The Morgan fingerprint density at radius 3 is 1.42 bits per heavy atom. The summed E-state index contributed by atoms with van der Waals surface area (Å²) in [5, 5.41) is 244. The molecule has 38 nitrogen and oxygen atoms in total. The minimum atomic E-state index is -2.80. The van der Waals surface area contributed by atoms with Crippen molar-refractivity contribution < 1.29 is 160 Å². The predicted molar refractivity (Wildman–Crippen MR) is 254 cm³/mol. The summed E-state index contributed by atoms with van der Waals surface area (Å²) in [6.45, 7) is -7.58. The average molecular weight is 1180 g/mol. The third kappa shape index (κ3) is 17.6. The first-order valence-corrected chi connectivity index (χ1v) is 24.6. The molecule has 0 aromatic heterocycles. The number of aliphatic hydroxyl groups excluding tert-OH is 22. The third-order valence-electron chi connectivity index (χ3n) is 12.7. The van der Waals surface area contributed by atoms with E-state index in [1.54, 1.807) is 0 Å². The smallest absolute Gasteiger partial charge is 0.218 e. The molecule has 0 amide bonds. The fourth-order valence-corrected chi connectivity index (χ4v) is 8.59. The Morgan fingerprint density at radius 1 is 0.469 bits per heavy atom. The molecule has 464 valence electrons. The maximum atomic E-state index is 11.5. The zero-order valence-corrected chi connectivity index (χ0v) is 42.5. The molecule has 0 aromatic carbocycles. The maximum absolute atomic E-state index is 11.5. The average Bonchev–Trinajstić information content (AvgIpc) is 3.49. The largest absolute Gasteiger partial charge is 0.510 e. The number of azide groups is 2. The lowest BCUT2D eigenvalue weighted by atomic mass is 9.93. The van der Waals surface area contributed by atoms with Crippen LogP contribution >= 0.6 is 0 Å². The van der Waals surface area contributed by atoms with Crippen LogP contribution in [0, 0.1) is 0 Å². The topological polar surface area (TPSA) is 635 Å². The normalized spacial score (nSPS) is 43.1. The molecule has 0 radical (unpaired) electrons. The van der Waals surface area contributed by atoms with Crippen LogP contribution in [-0.2, 0) is 47.4 Å². The summed E-state index contributed by atoms with van der Waals surface area (Å²) in [5.41, 5.74) is 18.1. The van der Waals surface area contributed by atoms with Gasteiger partial charge in [-0.2, -0.15) is 0 Å². The molecule has 7 rings (SSSR count). The minimum Gasteiger partial charge on any atom is -0.510 e. The number of hydrogen-bond donors (Lipinski definition) is 22. The number of rotatable bonds is 14. The Bertz CT molecular complexity index is 2200. The van der Waals surface area contributed by atoms with E-state index in [0.29, 0.717) is 6.08 Å². The fourth-order valence-electron chi connectivity index (χ4n) is 8.59. The molecule has 0 aliphatic carbocycles. The SMILES string of the molecule is [N-]=[N+]=NCCC1OC2OC(CO)C(OC(O)/C(O)=C(\O)C(CCO)OC(O)/C(O)=C(\O)C(CCO)OC3OC(CN=[N+]=[N-])C(OC4(CO)CC(O)C(OC(O)/C=C(\O)C(CCO)OC(O)/C(O)=C/1O)C(CO)O4)C(O)C3O)C(O)C2O. The Balaban J connectivity index is 1.83. The predicted octanol–water partition coefficient (Wildman–Crippen LogP) is -5.73. The van der Waals surface area contributed by atoms with E-state index < -0.39 is 260 Å². The zero-order chi connectivity index (χ0) is 60.5. The quantitative estimate of drug-likeness (QED) is 0.0438. The molecule has 22 unspecified atom stereocenters. The van der Waals surface area contributed by atoms with Crippen molar-refractivity contribution in [1.82, 2.24) is 0 Å². The first-order chi connectivity index (χ1) is 38.4. The van der Waals surface area contributed by atoms with Crippen LogP contribution in [0.2, 0.25) is 0 Å². The summed E-state index contributed by atoms with van der Waals surface area (Å²) in [5.74, 6) is -12.6. The molecule has 6 bridgehead atoms. The van der Waals surface area contributed by atoms with Crippen molar-refractivity contribution in [1.29, 1.82) is 0 Å². The van der Waals surface area contributed by atoms with Crippen LogP contribution in [-0.4, -0.2) is 300 Å². The van der Waals surface area contributed by atoms with Gasteiger partial charge < -0.3 is 160 Å². The van der Waals surface area contributed by atoms with E-state index in [1.165, 1.54) is 0 Å². The summed E-state index contributed by atoms with van der Waals surface area (Å²) in [7, 11) is 0. The van der Waals surface area contributed by atoms with E-state index in [-0.39, 0.29) is 0 Å². The first kappa shape index (κ1) is 68.7. The van der Waals surface area contributed by atoms with Gasteiger partial charge >= 0.3 is 0 Å². The molecule has 22 N–H and O–H groups in total. The van der Waals surface area contributed by atoms with Crippen LogP contribution < -0.4 is 0 Å². The number of fused-ring (bicyclic) bond motifs is 3. The van der Waals surface area contributed by atoms with Crippen LogP contribution in [0.25, 0.3) is 20.9 Å². The molecule has 0 aromatic rings. The van der Waals surface area contributed by atoms with Gasteiger partial charge in [-0.15, -0.1) is 0 Å². The van der Waals surface area contributed by atoms with Gasteiger partial charge in [-0.25, -0.2) is 0 Å². The summed E-state index contributed by atoms with van der Waals surface area (Å²) in [4.78, 5) is 5.14. The fraction of sp³-hybridized carbons (Fsp3) is 0.814. The molecule has 0 saturated carbocycles. The number of hydrogen-bond acceptors (Lipinski definition) is 34. The van der Waals surface area contributed by atoms with Crippen LogP contribution in [0.3, 0.4) is 0 Å². The maximum Gasteiger partial charge on any atom is 0.218 e. The molecule has 7 heterocycles. The second kappa shape index (κ2) is 32.3.